The molecule has 6 nitrogen and oxygen atoms in total. The summed E-state index contributed by atoms with van der Waals surface area (Å²) in [4.78, 5) is 4.52. The first-order chi connectivity index (χ1) is 13.2. The lowest BCUT2D eigenvalue weighted by molar-refractivity contribution is 0.446. The molecule has 1 saturated heterocycles. The summed E-state index contributed by atoms with van der Waals surface area (Å²) in [5.74, 6) is 0.459. The third-order valence-electron chi connectivity index (χ3n) is 5.26. The van der Waals surface area contributed by atoms with E-state index in [0.29, 0.717) is 50.9 Å². The third-order valence-corrected chi connectivity index (χ3v) is 8.77. The van der Waals surface area contributed by atoms with Crippen molar-refractivity contribution >= 4 is 56.4 Å². The van der Waals surface area contributed by atoms with E-state index in [1.54, 1.807) is 41.0 Å². The Morgan fingerprint density at radius 1 is 1.07 bits per heavy atom. The summed E-state index contributed by atoms with van der Waals surface area (Å²) in [7, 11) is -3.65. The summed E-state index contributed by atoms with van der Waals surface area (Å²) >= 11 is 18.7. The first-order valence-electron chi connectivity index (χ1n) is 8.95. The van der Waals surface area contributed by atoms with Gasteiger partial charge < -0.3 is 0 Å². The van der Waals surface area contributed by atoms with E-state index in [-0.39, 0.29) is 0 Å². The SMILES string of the molecule is CC1=Nc2c(Cl)c(C)nn2C(c2ccc(Cl)c(Cl)c2)C1S(=O)(=O)N1CCCC1. The van der Waals surface area contributed by atoms with Gasteiger partial charge in [0.05, 0.1) is 15.7 Å². The summed E-state index contributed by atoms with van der Waals surface area (Å²) in [5, 5.41) is 4.78. The Morgan fingerprint density at radius 2 is 1.75 bits per heavy atom. The van der Waals surface area contributed by atoms with Crippen LogP contribution >= 0.6 is 34.8 Å². The summed E-state index contributed by atoms with van der Waals surface area (Å²) in [6.07, 6.45) is 1.72. The normalized spacial score (nSPS) is 23.0. The molecule has 1 aromatic heterocycles. The monoisotopic (exact) mass is 460 g/mol. The highest BCUT2D eigenvalue weighted by molar-refractivity contribution is 7.90. The molecule has 0 radical (unpaired) electrons. The van der Waals surface area contributed by atoms with Gasteiger partial charge in [0.2, 0.25) is 10.0 Å². The van der Waals surface area contributed by atoms with E-state index >= 15 is 0 Å². The number of hydrogen-bond acceptors (Lipinski definition) is 4. The van der Waals surface area contributed by atoms with Gasteiger partial charge in [0.25, 0.3) is 0 Å². The predicted octanol–water partition coefficient (Wildman–Crippen LogP) is 4.64. The lowest BCUT2D eigenvalue weighted by Gasteiger charge is -2.34. The Kier molecular flexibility index (Phi) is 5.25. The van der Waals surface area contributed by atoms with Crippen LogP contribution in [0.15, 0.2) is 23.2 Å². The maximum absolute atomic E-state index is 13.5. The lowest BCUT2D eigenvalue weighted by atomic mass is 9.99. The maximum Gasteiger partial charge on any atom is 0.224 e. The number of benzene rings is 1. The maximum atomic E-state index is 13.5. The molecule has 2 atom stereocenters. The standard InChI is InChI=1S/C18H19Cl3N4O2S/c1-10-15(21)18-22-11(2)17(28(26,27)24-7-3-4-8-24)16(25(18)23-10)12-5-6-13(19)14(20)9-12/h5-6,9,16-17H,3-4,7-8H2,1-2H3. The molecule has 28 heavy (non-hydrogen) atoms. The highest BCUT2D eigenvalue weighted by Gasteiger charge is 2.46. The molecule has 0 saturated carbocycles. The van der Waals surface area contributed by atoms with Crippen LogP contribution in [0.3, 0.4) is 0 Å². The molecule has 2 unspecified atom stereocenters. The number of rotatable bonds is 3. The van der Waals surface area contributed by atoms with Crippen molar-refractivity contribution < 1.29 is 8.42 Å². The number of aliphatic imine (C=N–C) groups is 1. The lowest BCUT2D eigenvalue weighted by Crippen LogP contribution is -2.47. The van der Waals surface area contributed by atoms with Crippen molar-refractivity contribution in [3.8, 4) is 0 Å². The number of halogens is 3. The van der Waals surface area contributed by atoms with Gasteiger partial charge in [-0.2, -0.15) is 5.10 Å². The average Bonchev–Trinajstić information content (AvgIpc) is 3.27. The van der Waals surface area contributed by atoms with Crippen molar-refractivity contribution in [1.82, 2.24) is 14.1 Å². The summed E-state index contributed by atoms with van der Waals surface area (Å²) in [5.41, 5.74) is 1.77. The van der Waals surface area contributed by atoms with Gasteiger partial charge in [-0.1, -0.05) is 40.9 Å². The van der Waals surface area contributed by atoms with Crippen LogP contribution in [0.1, 0.15) is 37.1 Å². The van der Waals surface area contributed by atoms with E-state index < -0.39 is 21.3 Å². The molecule has 0 aliphatic carbocycles. The average molecular weight is 462 g/mol. The van der Waals surface area contributed by atoms with Gasteiger partial charge in [0.1, 0.15) is 16.3 Å². The molecule has 0 amide bonds. The number of hydrogen-bond donors (Lipinski definition) is 0. The molecule has 10 heteroatoms. The zero-order chi connectivity index (χ0) is 20.2. The van der Waals surface area contributed by atoms with Crippen molar-refractivity contribution in [2.75, 3.05) is 13.1 Å². The number of nitrogens with zero attached hydrogens (tertiary/aromatic N) is 4. The molecule has 0 N–H and O–H groups in total. The molecule has 1 fully saturated rings. The highest BCUT2D eigenvalue weighted by atomic mass is 35.5. The molecule has 3 heterocycles. The van der Waals surface area contributed by atoms with Crippen LogP contribution in [0, 0.1) is 6.92 Å². The minimum atomic E-state index is -3.65. The molecule has 4 rings (SSSR count). The van der Waals surface area contributed by atoms with Gasteiger partial charge in [-0.15, -0.1) is 0 Å². The largest absolute Gasteiger partial charge is 0.237 e. The molecule has 0 spiro atoms. The minimum absolute atomic E-state index is 0.355. The fourth-order valence-corrected chi connectivity index (χ4v) is 6.53. The smallest absolute Gasteiger partial charge is 0.224 e. The number of aryl methyl sites for hydroxylation is 1. The van der Waals surface area contributed by atoms with Crippen molar-refractivity contribution in [3.05, 3.63) is 44.5 Å². The number of aromatic nitrogens is 2. The highest BCUT2D eigenvalue weighted by Crippen LogP contribution is 2.42. The Balaban J connectivity index is 1.94. The Morgan fingerprint density at radius 3 is 2.39 bits per heavy atom. The van der Waals surface area contributed by atoms with Crippen molar-refractivity contribution in [3.63, 3.8) is 0 Å². The number of sulfonamides is 1. The van der Waals surface area contributed by atoms with Crippen LogP contribution in [0.25, 0.3) is 0 Å². The van der Waals surface area contributed by atoms with Crippen LogP contribution in [0.2, 0.25) is 15.1 Å². The summed E-state index contributed by atoms with van der Waals surface area (Å²) < 4.78 is 30.2. The van der Waals surface area contributed by atoms with Crippen molar-refractivity contribution in [2.45, 2.75) is 38.0 Å². The Bertz CT molecular complexity index is 1070. The quantitative estimate of drug-likeness (QED) is 0.668. The van der Waals surface area contributed by atoms with Crippen LogP contribution in [0.4, 0.5) is 5.82 Å². The van der Waals surface area contributed by atoms with E-state index in [1.807, 2.05) is 0 Å². The molecule has 0 bridgehead atoms. The van der Waals surface area contributed by atoms with Gasteiger partial charge in [0, 0.05) is 18.8 Å². The van der Waals surface area contributed by atoms with E-state index in [0.717, 1.165) is 12.8 Å². The number of fused-ring (bicyclic) bond motifs is 1. The van der Waals surface area contributed by atoms with E-state index in [1.165, 1.54) is 0 Å². The van der Waals surface area contributed by atoms with Crippen LogP contribution in [-0.2, 0) is 10.0 Å². The van der Waals surface area contributed by atoms with Crippen LogP contribution in [-0.4, -0.2) is 46.6 Å². The molecule has 2 aliphatic rings. The van der Waals surface area contributed by atoms with Crippen molar-refractivity contribution in [2.24, 2.45) is 4.99 Å². The summed E-state index contributed by atoms with van der Waals surface area (Å²) in [6.45, 7) is 4.54. The fraction of sp³-hybridized carbons (Fsp3) is 0.444. The van der Waals surface area contributed by atoms with E-state index in [9.17, 15) is 8.42 Å². The topological polar surface area (TPSA) is 67.6 Å². The molecular formula is C18H19Cl3N4O2S. The third kappa shape index (κ3) is 3.17. The summed E-state index contributed by atoms with van der Waals surface area (Å²) in [6, 6.07) is 4.49. The van der Waals surface area contributed by atoms with Gasteiger partial charge >= 0.3 is 0 Å². The molecule has 2 aromatic rings. The minimum Gasteiger partial charge on any atom is -0.237 e. The van der Waals surface area contributed by atoms with Gasteiger partial charge in [-0.3, -0.25) is 0 Å². The second-order valence-electron chi connectivity index (χ2n) is 7.11. The van der Waals surface area contributed by atoms with Crippen molar-refractivity contribution in [1.29, 1.82) is 0 Å². The van der Waals surface area contributed by atoms with Gasteiger partial charge in [-0.25, -0.2) is 22.4 Å². The molecular weight excluding hydrogens is 443 g/mol. The van der Waals surface area contributed by atoms with E-state index in [2.05, 4.69) is 10.1 Å². The Hall–Kier alpha value is -1.12. The molecule has 1 aromatic carbocycles. The molecule has 2 aliphatic heterocycles. The second kappa shape index (κ2) is 7.29. The Labute approximate surface area is 179 Å². The van der Waals surface area contributed by atoms with Crippen LogP contribution in [0.5, 0.6) is 0 Å². The molecule has 150 valence electrons. The zero-order valence-corrected chi connectivity index (χ0v) is 18.4. The van der Waals surface area contributed by atoms with E-state index in [4.69, 9.17) is 34.8 Å². The predicted molar refractivity (Wildman–Crippen MR) is 113 cm³/mol. The second-order valence-corrected chi connectivity index (χ2v) is 10.4. The fourth-order valence-electron chi connectivity index (χ4n) is 3.89. The first kappa shape index (κ1) is 20.2. The zero-order valence-electron chi connectivity index (χ0n) is 15.4. The van der Waals surface area contributed by atoms with Crippen LogP contribution < -0.4 is 0 Å². The van der Waals surface area contributed by atoms with Gasteiger partial charge in [-0.05, 0) is 44.4 Å². The van der Waals surface area contributed by atoms with Gasteiger partial charge in [0.15, 0.2) is 5.82 Å². The first-order valence-corrected chi connectivity index (χ1v) is 11.6.